The first-order valence-corrected chi connectivity index (χ1v) is 8.39. The summed E-state index contributed by atoms with van der Waals surface area (Å²) in [4.78, 5) is 15.3. The number of amides is 1. The van der Waals surface area contributed by atoms with Crippen LogP contribution in [0.2, 0.25) is 5.02 Å². The van der Waals surface area contributed by atoms with E-state index in [0.29, 0.717) is 31.1 Å². The molecule has 0 unspecified atom stereocenters. The van der Waals surface area contributed by atoms with Gasteiger partial charge in [0, 0.05) is 37.4 Å². The first-order valence-electron chi connectivity index (χ1n) is 8.01. The summed E-state index contributed by atoms with van der Waals surface area (Å²) in [5, 5.41) is 0.673. The number of piperidine rings is 1. The van der Waals surface area contributed by atoms with Gasteiger partial charge in [-0.25, -0.2) is 0 Å². The molecule has 0 bridgehead atoms. The van der Waals surface area contributed by atoms with Crippen LogP contribution in [-0.4, -0.2) is 43.2 Å². The largest absolute Gasteiger partial charge is 0.381 e. The van der Waals surface area contributed by atoms with Gasteiger partial charge in [0.25, 0.3) is 0 Å². The SMILES string of the molecule is NC1CCN(C(=O)C2(c3ccccc3Cl)CCOCC2)CC1. The minimum absolute atomic E-state index is 0.191. The summed E-state index contributed by atoms with van der Waals surface area (Å²) in [6, 6.07) is 7.94. The highest BCUT2D eigenvalue weighted by molar-refractivity contribution is 6.31. The molecule has 0 saturated carbocycles. The number of nitrogens with zero attached hydrogens (tertiary/aromatic N) is 1. The Hall–Kier alpha value is -1.10. The Morgan fingerprint density at radius 3 is 2.50 bits per heavy atom. The lowest BCUT2D eigenvalue weighted by molar-refractivity contribution is -0.142. The molecule has 3 rings (SSSR count). The maximum absolute atomic E-state index is 13.3. The van der Waals surface area contributed by atoms with Crippen LogP contribution in [0.5, 0.6) is 0 Å². The van der Waals surface area contributed by atoms with E-state index in [1.165, 1.54) is 0 Å². The van der Waals surface area contributed by atoms with Gasteiger partial charge in [-0.3, -0.25) is 4.79 Å². The van der Waals surface area contributed by atoms with Crippen molar-refractivity contribution in [3.8, 4) is 0 Å². The number of carbonyl (C=O) groups is 1. The minimum atomic E-state index is -0.544. The van der Waals surface area contributed by atoms with E-state index >= 15 is 0 Å². The van der Waals surface area contributed by atoms with Crippen LogP contribution in [0.1, 0.15) is 31.2 Å². The lowest BCUT2D eigenvalue weighted by Crippen LogP contribution is -2.53. The van der Waals surface area contributed by atoms with Gasteiger partial charge in [0.2, 0.25) is 5.91 Å². The first-order chi connectivity index (χ1) is 10.6. The van der Waals surface area contributed by atoms with Crippen molar-refractivity contribution in [1.82, 2.24) is 4.90 Å². The fourth-order valence-electron chi connectivity index (χ4n) is 3.57. The quantitative estimate of drug-likeness (QED) is 0.909. The standard InChI is InChI=1S/C17H23ClN2O2/c18-15-4-2-1-3-14(15)17(7-11-22-12-8-17)16(21)20-9-5-13(19)6-10-20/h1-4,13H,5-12,19H2. The Balaban J connectivity index is 1.92. The van der Waals surface area contributed by atoms with Crippen LogP contribution in [-0.2, 0) is 14.9 Å². The fraction of sp³-hybridized carbons (Fsp3) is 0.588. The number of carbonyl (C=O) groups excluding carboxylic acids is 1. The van der Waals surface area contributed by atoms with E-state index < -0.39 is 5.41 Å². The highest BCUT2D eigenvalue weighted by Crippen LogP contribution is 2.40. The van der Waals surface area contributed by atoms with Crippen LogP contribution in [0.25, 0.3) is 0 Å². The van der Waals surface area contributed by atoms with Gasteiger partial charge in [0.1, 0.15) is 0 Å². The van der Waals surface area contributed by atoms with Gasteiger partial charge in [0.05, 0.1) is 5.41 Å². The number of hydrogen-bond acceptors (Lipinski definition) is 3. The van der Waals surface area contributed by atoms with Gasteiger partial charge in [-0.1, -0.05) is 29.8 Å². The molecule has 2 aliphatic rings. The smallest absolute Gasteiger partial charge is 0.233 e. The van der Waals surface area contributed by atoms with Crippen LogP contribution < -0.4 is 5.73 Å². The Morgan fingerprint density at radius 2 is 1.86 bits per heavy atom. The molecule has 0 atom stereocenters. The summed E-state index contributed by atoms with van der Waals surface area (Å²) >= 11 is 6.42. The fourth-order valence-corrected chi connectivity index (χ4v) is 3.89. The second-order valence-corrected chi connectivity index (χ2v) is 6.71. The van der Waals surface area contributed by atoms with E-state index in [1.807, 2.05) is 29.2 Å². The zero-order valence-corrected chi connectivity index (χ0v) is 13.5. The molecule has 22 heavy (non-hydrogen) atoms. The normalized spacial score (nSPS) is 22.5. The Labute approximate surface area is 136 Å². The van der Waals surface area contributed by atoms with Crippen LogP contribution in [0.15, 0.2) is 24.3 Å². The Morgan fingerprint density at radius 1 is 1.23 bits per heavy atom. The molecule has 2 heterocycles. The van der Waals surface area contributed by atoms with Crippen molar-refractivity contribution in [3.05, 3.63) is 34.9 Å². The van der Waals surface area contributed by atoms with Gasteiger partial charge in [0.15, 0.2) is 0 Å². The van der Waals surface area contributed by atoms with Crippen molar-refractivity contribution >= 4 is 17.5 Å². The molecule has 0 radical (unpaired) electrons. The summed E-state index contributed by atoms with van der Waals surface area (Å²) in [7, 11) is 0. The van der Waals surface area contributed by atoms with Crippen molar-refractivity contribution in [2.75, 3.05) is 26.3 Å². The summed E-state index contributed by atoms with van der Waals surface area (Å²) in [5.74, 6) is 0.191. The number of ether oxygens (including phenoxy) is 1. The molecule has 1 aromatic rings. The van der Waals surface area contributed by atoms with Gasteiger partial charge in [-0.2, -0.15) is 0 Å². The second kappa shape index (κ2) is 6.57. The van der Waals surface area contributed by atoms with E-state index in [2.05, 4.69) is 0 Å². The molecule has 2 fully saturated rings. The maximum atomic E-state index is 13.3. The van der Waals surface area contributed by atoms with E-state index in [-0.39, 0.29) is 11.9 Å². The average molecular weight is 323 g/mol. The van der Waals surface area contributed by atoms with Gasteiger partial charge < -0.3 is 15.4 Å². The summed E-state index contributed by atoms with van der Waals surface area (Å²) in [6.07, 6.45) is 3.14. The summed E-state index contributed by atoms with van der Waals surface area (Å²) in [5.41, 5.74) is 6.37. The molecule has 2 saturated heterocycles. The van der Waals surface area contributed by atoms with E-state index in [9.17, 15) is 4.79 Å². The molecule has 1 aromatic carbocycles. The minimum Gasteiger partial charge on any atom is -0.381 e. The van der Waals surface area contributed by atoms with E-state index in [1.54, 1.807) is 0 Å². The zero-order valence-electron chi connectivity index (χ0n) is 12.8. The van der Waals surface area contributed by atoms with E-state index in [4.69, 9.17) is 22.1 Å². The molecule has 0 spiro atoms. The zero-order chi connectivity index (χ0) is 15.6. The van der Waals surface area contributed by atoms with Crippen molar-refractivity contribution in [3.63, 3.8) is 0 Å². The predicted molar refractivity (Wildman–Crippen MR) is 87.0 cm³/mol. The van der Waals surface area contributed by atoms with Crippen molar-refractivity contribution in [1.29, 1.82) is 0 Å². The lowest BCUT2D eigenvalue weighted by atomic mass is 9.72. The number of hydrogen-bond donors (Lipinski definition) is 1. The number of benzene rings is 1. The van der Waals surface area contributed by atoms with Gasteiger partial charge in [-0.05, 0) is 37.3 Å². The average Bonchev–Trinajstić information content (AvgIpc) is 2.56. The molecule has 5 heteroatoms. The molecular weight excluding hydrogens is 300 g/mol. The number of nitrogens with two attached hydrogens (primary N) is 1. The third kappa shape index (κ3) is 2.87. The highest BCUT2D eigenvalue weighted by Gasteiger charge is 2.45. The van der Waals surface area contributed by atoms with Crippen molar-refractivity contribution in [2.45, 2.75) is 37.1 Å². The van der Waals surface area contributed by atoms with Crippen LogP contribution in [0.4, 0.5) is 0 Å². The van der Waals surface area contributed by atoms with E-state index in [0.717, 1.165) is 31.5 Å². The molecule has 4 nitrogen and oxygen atoms in total. The molecular formula is C17H23ClN2O2. The van der Waals surface area contributed by atoms with Crippen LogP contribution >= 0.6 is 11.6 Å². The summed E-state index contributed by atoms with van der Waals surface area (Å²) in [6.45, 7) is 2.69. The summed E-state index contributed by atoms with van der Waals surface area (Å²) < 4.78 is 5.51. The molecule has 1 amide bonds. The van der Waals surface area contributed by atoms with Crippen LogP contribution in [0.3, 0.4) is 0 Å². The third-order valence-electron chi connectivity index (χ3n) is 4.97. The maximum Gasteiger partial charge on any atom is 0.233 e. The Kier molecular flexibility index (Phi) is 4.71. The van der Waals surface area contributed by atoms with Crippen LogP contribution in [0, 0.1) is 0 Å². The highest BCUT2D eigenvalue weighted by atomic mass is 35.5. The molecule has 0 aromatic heterocycles. The predicted octanol–water partition coefficient (Wildman–Crippen LogP) is 2.34. The van der Waals surface area contributed by atoms with Crippen molar-refractivity contribution in [2.24, 2.45) is 5.73 Å². The molecule has 2 N–H and O–H groups in total. The number of likely N-dealkylation sites (tertiary alicyclic amines) is 1. The molecule has 2 aliphatic heterocycles. The Bertz CT molecular complexity index is 535. The first kappa shape index (κ1) is 15.8. The molecule has 0 aliphatic carbocycles. The third-order valence-corrected chi connectivity index (χ3v) is 5.30. The van der Waals surface area contributed by atoms with Gasteiger partial charge >= 0.3 is 0 Å². The second-order valence-electron chi connectivity index (χ2n) is 6.30. The number of rotatable bonds is 2. The van der Waals surface area contributed by atoms with Gasteiger partial charge in [-0.15, -0.1) is 0 Å². The number of halogens is 1. The van der Waals surface area contributed by atoms with Crippen molar-refractivity contribution < 1.29 is 9.53 Å². The lowest BCUT2D eigenvalue weighted by Gasteiger charge is -2.42. The monoisotopic (exact) mass is 322 g/mol. The topological polar surface area (TPSA) is 55.6 Å². The molecule has 120 valence electrons.